The average Bonchev–Trinajstić information content (AvgIpc) is 2.80. The molecule has 0 radical (unpaired) electrons. The second kappa shape index (κ2) is 9.58. The molecule has 0 fully saturated rings. The number of aromatic nitrogens is 2. The van der Waals surface area contributed by atoms with Crippen LogP contribution in [0.5, 0.6) is 0 Å². The van der Waals surface area contributed by atoms with E-state index in [0.29, 0.717) is 27.4 Å². The van der Waals surface area contributed by atoms with E-state index < -0.39 is 0 Å². The van der Waals surface area contributed by atoms with Gasteiger partial charge in [-0.1, -0.05) is 65.8 Å². The lowest BCUT2D eigenvalue weighted by atomic mass is 10.2. The van der Waals surface area contributed by atoms with Gasteiger partial charge in [-0.05, 0) is 17.7 Å². The average molecular weight is 468 g/mol. The first-order valence-corrected chi connectivity index (χ1v) is 11.4. The van der Waals surface area contributed by atoms with E-state index in [1.54, 1.807) is 43.4 Å². The second-order valence-corrected chi connectivity index (χ2v) is 8.82. The first-order valence-electron chi connectivity index (χ1n) is 10.0. The first kappa shape index (κ1) is 22.1. The number of carbonyl (C=O) groups excluding carboxylic acids is 2. The lowest BCUT2D eigenvalue weighted by Crippen LogP contribution is -2.51. The lowest BCUT2D eigenvalue weighted by molar-refractivity contribution is -0.127. The van der Waals surface area contributed by atoms with Crippen molar-refractivity contribution in [3.63, 3.8) is 0 Å². The van der Waals surface area contributed by atoms with Crippen molar-refractivity contribution in [3.05, 3.63) is 76.9 Å². The molecule has 4 rings (SSSR count). The molecule has 3 aromatic rings. The Kier molecular flexibility index (Phi) is 6.62. The highest BCUT2D eigenvalue weighted by atomic mass is 35.5. The van der Waals surface area contributed by atoms with E-state index in [0.717, 1.165) is 11.1 Å². The molecule has 0 bridgehead atoms. The molecule has 2 aromatic carbocycles. The molecule has 1 aromatic heterocycles. The molecule has 0 aliphatic carbocycles. The minimum atomic E-state index is -0.349. The summed E-state index contributed by atoms with van der Waals surface area (Å²) in [6, 6.07) is 16.8. The van der Waals surface area contributed by atoms with E-state index in [-0.39, 0.29) is 25.0 Å². The number of benzene rings is 2. The smallest absolute Gasteiger partial charge is 0.331 e. The Morgan fingerprint density at radius 3 is 2.56 bits per heavy atom. The van der Waals surface area contributed by atoms with Crippen molar-refractivity contribution < 1.29 is 9.59 Å². The van der Waals surface area contributed by atoms with Gasteiger partial charge in [0.2, 0.25) is 5.91 Å². The Morgan fingerprint density at radius 1 is 1.12 bits per heavy atom. The third-order valence-electron chi connectivity index (χ3n) is 5.01. The molecule has 3 amide bonds. The molecule has 164 valence electrons. The summed E-state index contributed by atoms with van der Waals surface area (Å²) in [5, 5.41) is 1.01. The van der Waals surface area contributed by atoms with Crippen LogP contribution in [0.25, 0.3) is 0 Å². The molecular weight excluding hydrogens is 446 g/mol. The number of hydrogen-bond donors (Lipinski definition) is 0. The molecule has 0 spiro atoms. The minimum Gasteiger partial charge on any atom is -0.347 e. The van der Waals surface area contributed by atoms with E-state index >= 15 is 0 Å². The Hall–Kier alpha value is -3.10. The van der Waals surface area contributed by atoms with Gasteiger partial charge >= 0.3 is 6.03 Å². The molecule has 0 saturated carbocycles. The zero-order valence-electron chi connectivity index (χ0n) is 17.7. The summed E-state index contributed by atoms with van der Waals surface area (Å²) in [6.07, 6.45) is 1.72. The van der Waals surface area contributed by atoms with Gasteiger partial charge in [-0.3, -0.25) is 14.6 Å². The lowest BCUT2D eigenvalue weighted by Gasteiger charge is -2.36. The van der Waals surface area contributed by atoms with Gasteiger partial charge in [-0.15, -0.1) is 0 Å². The summed E-state index contributed by atoms with van der Waals surface area (Å²) in [5.41, 5.74) is 2.48. The fourth-order valence-electron chi connectivity index (χ4n) is 3.27. The van der Waals surface area contributed by atoms with E-state index in [1.807, 2.05) is 36.4 Å². The van der Waals surface area contributed by atoms with Crippen molar-refractivity contribution in [2.75, 3.05) is 30.4 Å². The molecule has 1 aliphatic rings. The monoisotopic (exact) mass is 467 g/mol. The zero-order chi connectivity index (χ0) is 22.7. The van der Waals surface area contributed by atoms with Crippen LogP contribution in [-0.4, -0.2) is 47.4 Å². The van der Waals surface area contributed by atoms with Crippen LogP contribution in [0, 0.1) is 0 Å². The van der Waals surface area contributed by atoms with Crippen LogP contribution in [0.15, 0.2) is 66.0 Å². The summed E-state index contributed by atoms with van der Waals surface area (Å²) in [4.78, 5) is 39.5. The number of rotatable bonds is 6. The summed E-state index contributed by atoms with van der Waals surface area (Å²) < 4.78 is 0. The van der Waals surface area contributed by atoms with Gasteiger partial charge in [0.05, 0.1) is 17.3 Å². The second-order valence-electron chi connectivity index (χ2n) is 7.47. The molecule has 0 atom stereocenters. The van der Waals surface area contributed by atoms with E-state index in [9.17, 15) is 9.59 Å². The van der Waals surface area contributed by atoms with Crippen LogP contribution in [0.3, 0.4) is 0 Å². The molecule has 0 saturated heterocycles. The maximum atomic E-state index is 13.4. The summed E-state index contributed by atoms with van der Waals surface area (Å²) in [6.45, 7) is 0.147. The van der Waals surface area contributed by atoms with E-state index in [4.69, 9.17) is 11.6 Å². The molecule has 1 aliphatic heterocycles. The van der Waals surface area contributed by atoms with Crippen molar-refractivity contribution in [1.29, 1.82) is 0 Å². The van der Waals surface area contributed by atoms with Crippen molar-refractivity contribution in [2.45, 2.75) is 17.5 Å². The summed E-state index contributed by atoms with van der Waals surface area (Å²) in [5.74, 6) is 0.956. The molecule has 7 nitrogen and oxygen atoms in total. The van der Waals surface area contributed by atoms with Crippen molar-refractivity contribution in [2.24, 2.45) is 0 Å². The topological polar surface area (TPSA) is 69.6 Å². The number of nitrogens with zero attached hydrogens (tertiary/aromatic N) is 5. The highest BCUT2D eigenvalue weighted by Gasteiger charge is 2.35. The van der Waals surface area contributed by atoms with Crippen molar-refractivity contribution in [3.8, 4) is 0 Å². The third-order valence-corrected chi connectivity index (χ3v) is 6.26. The number of urea groups is 1. The first-order chi connectivity index (χ1) is 15.4. The zero-order valence-corrected chi connectivity index (χ0v) is 19.3. The highest BCUT2D eigenvalue weighted by Crippen LogP contribution is 2.34. The predicted octanol–water partition coefficient (Wildman–Crippen LogP) is 4.46. The molecule has 2 heterocycles. The number of fused-ring (bicyclic) bond motifs is 1. The number of likely N-dealkylation sites (N-methyl/N-ethyl adjacent to an activating group) is 1. The third kappa shape index (κ3) is 4.71. The SMILES string of the molecule is CN(C)C(=O)CN1C(=O)N(c2ccccc2Cl)Cc2cnc(SCc3ccccc3)nc21. The normalized spacial score (nSPS) is 13.2. The molecular formula is C23H22ClN5O2S. The standard InChI is InChI=1S/C23H22ClN5O2S/c1-27(2)20(30)14-29-21-17(13-28(23(29)31)19-11-7-6-10-18(19)24)12-25-22(26-21)32-15-16-8-4-3-5-9-16/h3-12H,13-15H2,1-2H3. The Bertz CT molecular complexity index is 1140. The number of anilines is 2. The number of halogens is 1. The minimum absolute atomic E-state index is 0.125. The van der Waals surface area contributed by atoms with E-state index in [1.165, 1.54) is 21.6 Å². The maximum absolute atomic E-state index is 13.4. The number of carbonyl (C=O) groups is 2. The van der Waals surface area contributed by atoms with Gasteiger partial charge in [0.1, 0.15) is 12.4 Å². The van der Waals surface area contributed by atoms with Crippen LogP contribution in [-0.2, 0) is 17.1 Å². The van der Waals surface area contributed by atoms with Crippen LogP contribution in [0.4, 0.5) is 16.3 Å². The van der Waals surface area contributed by atoms with Gasteiger partial charge in [0.15, 0.2) is 5.16 Å². The van der Waals surface area contributed by atoms with Gasteiger partial charge in [-0.25, -0.2) is 14.8 Å². The van der Waals surface area contributed by atoms with Crippen LogP contribution in [0.2, 0.25) is 5.02 Å². The van der Waals surface area contributed by atoms with Crippen molar-refractivity contribution in [1.82, 2.24) is 14.9 Å². The Balaban J connectivity index is 1.67. The van der Waals surface area contributed by atoms with Crippen LogP contribution < -0.4 is 9.80 Å². The maximum Gasteiger partial charge on any atom is 0.331 e. The quantitative estimate of drug-likeness (QED) is 0.395. The Morgan fingerprint density at radius 2 is 1.84 bits per heavy atom. The number of hydrogen-bond acceptors (Lipinski definition) is 5. The number of thioether (sulfide) groups is 1. The number of amides is 3. The largest absolute Gasteiger partial charge is 0.347 e. The molecule has 9 heteroatoms. The van der Waals surface area contributed by atoms with Crippen molar-refractivity contribution >= 4 is 46.8 Å². The fourth-order valence-corrected chi connectivity index (χ4v) is 4.28. The van der Waals surface area contributed by atoms with Gasteiger partial charge in [0, 0.05) is 31.6 Å². The fraction of sp³-hybridized carbons (Fsp3) is 0.217. The Labute approximate surface area is 196 Å². The number of para-hydroxylation sites is 1. The van der Waals surface area contributed by atoms with Gasteiger partial charge in [0.25, 0.3) is 0 Å². The van der Waals surface area contributed by atoms with Gasteiger partial charge < -0.3 is 4.90 Å². The predicted molar refractivity (Wildman–Crippen MR) is 127 cm³/mol. The highest BCUT2D eigenvalue weighted by molar-refractivity contribution is 7.98. The molecule has 0 unspecified atom stereocenters. The van der Waals surface area contributed by atoms with Crippen LogP contribution in [0.1, 0.15) is 11.1 Å². The molecule has 0 N–H and O–H groups in total. The molecule has 32 heavy (non-hydrogen) atoms. The van der Waals surface area contributed by atoms with Crippen LogP contribution >= 0.6 is 23.4 Å². The summed E-state index contributed by atoms with van der Waals surface area (Å²) in [7, 11) is 3.31. The van der Waals surface area contributed by atoms with E-state index in [2.05, 4.69) is 9.97 Å². The van der Waals surface area contributed by atoms with Gasteiger partial charge in [-0.2, -0.15) is 0 Å². The summed E-state index contributed by atoms with van der Waals surface area (Å²) >= 11 is 7.84.